The topological polar surface area (TPSA) is 44.9 Å². The highest BCUT2D eigenvalue weighted by Gasteiger charge is 2.09. The highest BCUT2D eigenvalue weighted by molar-refractivity contribution is 7.73. The summed E-state index contributed by atoms with van der Waals surface area (Å²) >= 11 is 6.41. The van der Waals surface area contributed by atoms with Gasteiger partial charge in [0.2, 0.25) is 5.91 Å². The average molecular weight is 240 g/mol. The molecule has 1 aromatic heterocycles. The van der Waals surface area contributed by atoms with Crippen LogP contribution in [0.1, 0.15) is 17.5 Å². The molecule has 0 aliphatic rings. The van der Waals surface area contributed by atoms with Crippen molar-refractivity contribution in [3.8, 4) is 12.3 Å². The van der Waals surface area contributed by atoms with Crippen molar-refractivity contribution in [2.75, 3.05) is 0 Å². The summed E-state index contributed by atoms with van der Waals surface area (Å²) in [6.45, 7) is 3.67. The summed E-state index contributed by atoms with van der Waals surface area (Å²) in [5.74, 6) is 2.37. The Morgan fingerprint density at radius 2 is 2.47 bits per heavy atom. The second-order valence-electron chi connectivity index (χ2n) is 3.20. The third-order valence-corrected chi connectivity index (χ3v) is 3.21. The van der Waals surface area contributed by atoms with Gasteiger partial charge in [-0.2, -0.15) is 0 Å². The van der Waals surface area contributed by atoms with Gasteiger partial charge in [0.05, 0.1) is 12.5 Å². The molecule has 80 valence electrons. The first kappa shape index (κ1) is 12.0. The molecular formula is C10H12N2OS2. The minimum absolute atomic E-state index is 0.0752. The highest BCUT2D eigenvalue weighted by atomic mass is 32.1. The molecule has 0 fully saturated rings. The summed E-state index contributed by atoms with van der Waals surface area (Å²) in [6.07, 6.45) is 5.49. The SMILES string of the molecule is C#CC(C)NC(=O)Cc1sc(=S)[nH]c1C. The summed E-state index contributed by atoms with van der Waals surface area (Å²) < 4.78 is 0.695. The molecule has 1 unspecified atom stereocenters. The van der Waals surface area contributed by atoms with Crippen molar-refractivity contribution >= 4 is 29.5 Å². The number of aryl methyl sites for hydroxylation is 1. The first-order chi connectivity index (χ1) is 7.02. The number of rotatable bonds is 3. The second kappa shape index (κ2) is 5.10. The monoisotopic (exact) mass is 240 g/mol. The molecule has 3 nitrogen and oxygen atoms in total. The molecule has 0 saturated heterocycles. The number of hydrogen-bond donors (Lipinski definition) is 2. The molecule has 0 aromatic carbocycles. The van der Waals surface area contributed by atoms with E-state index in [1.807, 2.05) is 6.92 Å². The zero-order valence-electron chi connectivity index (χ0n) is 8.59. The number of carbonyl (C=O) groups is 1. The number of carbonyl (C=O) groups excluding carboxylic acids is 1. The zero-order valence-corrected chi connectivity index (χ0v) is 10.2. The lowest BCUT2D eigenvalue weighted by Crippen LogP contribution is -2.32. The maximum absolute atomic E-state index is 11.5. The van der Waals surface area contributed by atoms with Gasteiger partial charge in [-0.3, -0.25) is 4.79 Å². The van der Waals surface area contributed by atoms with Crippen LogP contribution in [0.2, 0.25) is 0 Å². The first-order valence-corrected chi connectivity index (χ1v) is 5.69. The van der Waals surface area contributed by atoms with Gasteiger partial charge < -0.3 is 10.3 Å². The summed E-state index contributed by atoms with van der Waals surface area (Å²) in [6, 6.07) is -0.232. The van der Waals surface area contributed by atoms with Crippen LogP contribution in [0.25, 0.3) is 0 Å². The molecule has 0 radical (unpaired) electrons. The Hall–Kier alpha value is -1.12. The molecule has 15 heavy (non-hydrogen) atoms. The van der Waals surface area contributed by atoms with Gasteiger partial charge in [0.1, 0.15) is 0 Å². The standard InChI is InChI=1S/C10H12N2OS2/c1-4-6(2)11-9(13)5-8-7(3)12-10(14)15-8/h1,6H,5H2,2-3H3,(H,11,13)(H,12,14). The smallest absolute Gasteiger partial charge is 0.226 e. The lowest BCUT2D eigenvalue weighted by atomic mass is 10.2. The van der Waals surface area contributed by atoms with Crippen molar-refractivity contribution < 1.29 is 4.79 Å². The van der Waals surface area contributed by atoms with Crippen LogP contribution in [0.4, 0.5) is 0 Å². The number of amides is 1. The third-order valence-electron chi connectivity index (χ3n) is 1.87. The summed E-state index contributed by atoms with van der Waals surface area (Å²) in [4.78, 5) is 15.4. The Balaban J connectivity index is 2.63. The lowest BCUT2D eigenvalue weighted by molar-refractivity contribution is -0.120. The van der Waals surface area contributed by atoms with Crippen LogP contribution in [-0.2, 0) is 11.2 Å². The second-order valence-corrected chi connectivity index (χ2v) is 4.97. The van der Waals surface area contributed by atoms with E-state index in [4.69, 9.17) is 18.6 Å². The minimum Gasteiger partial charge on any atom is -0.342 e. The number of terminal acetylenes is 1. The van der Waals surface area contributed by atoms with E-state index >= 15 is 0 Å². The molecule has 1 rings (SSSR count). The Morgan fingerprint density at radius 3 is 2.93 bits per heavy atom. The Labute approximate surface area is 97.9 Å². The minimum atomic E-state index is -0.232. The molecule has 0 aliphatic carbocycles. The number of hydrogen-bond acceptors (Lipinski definition) is 3. The molecule has 2 N–H and O–H groups in total. The molecular weight excluding hydrogens is 228 g/mol. The van der Waals surface area contributed by atoms with Gasteiger partial charge in [-0.05, 0) is 26.1 Å². The fourth-order valence-corrected chi connectivity index (χ4v) is 2.38. The van der Waals surface area contributed by atoms with Crippen LogP contribution < -0.4 is 5.32 Å². The van der Waals surface area contributed by atoms with Crippen molar-refractivity contribution in [2.24, 2.45) is 0 Å². The molecule has 5 heteroatoms. The van der Waals surface area contributed by atoms with E-state index in [0.29, 0.717) is 10.4 Å². The number of aromatic nitrogens is 1. The van der Waals surface area contributed by atoms with E-state index in [2.05, 4.69) is 16.2 Å². The van der Waals surface area contributed by atoms with Gasteiger partial charge >= 0.3 is 0 Å². The van der Waals surface area contributed by atoms with E-state index in [0.717, 1.165) is 10.6 Å². The fourth-order valence-electron chi connectivity index (χ4n) is 1.09. The van der Waals surface area contributed by atoms with Gasteiger partial charge in [-0.25, -0.2) is 0 Å². The molecule has 0 saturated carbocycles. The molecule has 0 aliphatic heterocycles. The molecule has 1 amide bonds. The van der Waals surface area contributed by atoms with Crippen molar-refractivity contribution in [1.82, 2.24) is 10.3 Å². The van der Waals surface area contributed by atoms with E-state index < -0.39 is 0 Å². The van der Waals surface area contributed by atoms with Crippen molar-refractivity contribution in [1.29, 1.82) is 0 Å². The van der Waals surface area contributed by atoms with Gasteiger partial charge in [0.25, 0.3) is 0 Å². The highest BCUT2D eigenvalue weighted by Crippen LogP contribution is 2.14. The average Bonchev–Trinajstić information content (AvgIpc) is 2.44. The zero-order chi connectivity index (χ0) is 11.4. The lowest BCUT2D eigenvalue weighted by Gasteiger charge is -2.06. The Kier molecular flexibility index (Phi) is 4.06. The maximum atomic E-state index is 11.5. The molecule has 1 aromatic rings. The molecule has 0 spiro atoms. The van der Waals surface area contributed by atoms with E-state index in [1.165, 1.54) is 11.3 Å². The predicted octanol–water partition coefficient (Wildman–Crippen LogP) is 1.79. The number of thiazole rings is 1. The van der Waals surface area contributed by atoms with Crippen molar-refractivity contribution in [3.05, 3.63) is 14.5 Å². The Bertz CT molecular complexity index is 453. The fraction of sp³-hybridized carbons (Fsp3) is 0.400. The predicted molar refractivity (Wildman–Crippen MR) is 64.4 cm³/mol. The molecule has 1 heterocycles. The van der Waals surface area contributed by atoms with Crippen LogP contribution in [0.15, 0.2) is 0 Å². The van der Waals surface area contributed by atoms with Gasteiger partial charge in [-0.15, -0.1) is 17.8 Å². The number of aromatic amines is 1. The summed E-state index contributed by atoms with van der Waals surface area (Å²) in [5, 5.41) is 2.70. The largest absolute Gasteiger partial charge is 0.342 e. The van der Waals surface area contributed by atoms with Gasteiger partial charge in [0, 0.05) is 10.6 Å². The van der Waals surface area contributed by atoms with Crippen molar-refractivity contribution in [2.45, 2.75) is 26.3 Å². The molecule has 0 bridgehead atoms. The van der Waals surface area contributed by atoms with E-state index in [1.54, 1.807) is 6.92 Å². The van der Waals surface area contributed by atoms with Crippen LogP contribution in [-0.4, -0.2) is 16.9 Å². The maximum Gasteiger partial charge on any atom is 0.226 e. The van der Waals surface area contributed by atoms with Crippen LogP contribution in [0.3, 0.4) is 0 Å². The molecule has 1 atom stereocenters. The Morgan fingerprint density at radius 1 is 1.80 bits per heavy atom. The number of nitrogens with one attached hydrogen (secondary N) is 2. The summed E-state index contributed by atoms with van der Waals surface area (Å²) in [5.41, 5.74) is 0.952. The quantitative estimate of drug-likeness (QED) is 0.625. The summed E-state index contributed by atoms with van der Waals surface area (Å²) in [7, 11) is 0. The van der Waals surface area contributed by atoms with Crippen molar-refractivity contribution in [3.63, 3.8) is 0 Å². The van der Waals surface area contributed by atoms with Crippen LogP contribution in [0, 0.1) is 23.2 Å². The first-order valence-electron chi connectivity index (χ1n) is 4.47. The normalized spacial score (nSPS) is 11.8. The van der Waals surface area contributed by atoms with Gasteiger partial charge in [0.15, 0.2) is 3.95 Å². The van der Waals surface area contributed by atoms with Crippen LogP contribution in [0.5, 0.6) is 0 Å². The third kappa shape index (κ3) is 3.50. The van der Waals surface area contributed by atoms with Crippen LogP contribution >= 0.6 is 23.6 Å². The number of H-pyrrole nitrogens is 1. The van der Waals surface area contributed by atoms with E-state index in [9.17, 15) is 4.79 Å². The van der Waals surface area contributed by atoms with E-state index in [-0.39, 0.29) is 11.9 Å². The van der Waals surface area contributed by atoms with Gasteiger partial charge in [-0.1, -0.05) is 5.92 Å².